The first-order valence-corrected chi connectivity index (χ1v) is 5.16. The van der Waals surface area contributed by atoms with Crippen LogP contribution in [-0.4, -0.2) is 23.6 Å². The van der Waals surface area contributed by atoms with Crippen LogP contribution in [0.15, 0.2) is 18.2 Å². The molecule has 1 aromatic carbocycles. The van der Waals surface area contributed by atoms with E-state index in [1.54, 1.807) is 13.0 Å². The molecule has 0 aliphatic carbocycles. The highest BCUT2D eigenvalue weighted by atomic mass is 16.6. The fourth-order valence-electron chi connectivity index (χ4n) is 1.61. The smallest absolute Gasteiger partial charge is 0.347 e. The Hall–Kier alpha value is -2.11. The number of rotatable bonds is 3. The monoisotopic (exact) mass is 237 g/mol. The first-order chi connectivity index (χ1) is 8.08. The van der Waals surface area contributed by atoms with Crippen LogP contribution in [0.5, 0.6) is 5.75 Å². The van der Waals surface area contributed by atoms with Crippen molar-refractivity contribution in [2.75, 3.05) is 6.61 Å². The molecule has 0 saturated carbocycles. The standard InChI is InChI=1S/C11H11NO5/c1-7-2-3-9(8(6-7)12(14)15)17-10-4-5-16-11(10)13/h2-3,6,10H,4-5H2,1H3. The minimum absolute atomic E-state index is 0.101. The SMILES string of the molecule is Cc1ccc(OC2CCOC2=O)c([N+](=O)[O-])c1. The third-order valence-electron chi connectivity index (χ3n) is 2.47. The van der Waals surface area contributed by atoms with Crippen LogP contribution in [0, 0.1) is 17.0 Å². The molecule has 0 radical (unpaired) electrons. The Balaban J connectivity index is 2.25. The Bertz CT molecular complexity index is 471. The molecule has 1 atom stereocenters. The van der Waals surface area contributed by atoms with Gasteiger partial charge in [-0.05, 0) is 18.6 Å². The third-order valence-corrected chi connectivity index (χ3v) is 2.47. The molecule has 1 heterocycles. The number of benzene rings is 1. The molecule has 0 aromatic heterocycles. The second-order valence-corrected chi connectivity index (χ2v) is 3.79. The minimum atomic E-state index is -0.739. The minimum Gasteiger partial charge on any atom is -0.471 e. The molecule has 1 aliphatic rings. The molecule has 2 rings (SSSR count). The van der Waals surface area contributed by atoms with Crippen molar-refractivity contribution in [3.63, 3.8) is 0 Å². The topological polar surface area (TPSA) is 78.7 Å². The second-order valence-electron chi connectivity index (χ2n) is 3.79. The van der Waals surface area contributed by atoms with E-state index in [9.17, 15) is 14.9 Å². The normalized spacial score (nSPS) is 18.9. The molecule has 6 heteroatoms. The van der Waals surface area contributed by atoms with Gasteiger partial charge in [0.15, 0.2) is 11.9 Å². The number of nitrogens with zero attached hydrogens (tertiary/aromatic N) is 1. The number of carbonyl (C=O) groups excluding carboxylic acids is 1. The van der Waals surface area contributed by atoms with Crippen molar-refractivity contribution < 1.29 is 19.2 Å². The van der Waals surface area contributed by atoms with Crippen LogP contribution in [0.1, 0.15) is 12.0 Å². The Morgan fingerprint density at radius 2 is 2.29 bits per heavy atom. The van der Waals surface area contributed by atoms with E-state index >= 15 is 0 Å². The molecule has 0 spiro atoms. The zero-order valence-electron chi connectivity index (χ0n) is 9.21. The summed E-state index contributed by atoms with van der Waals surface area (Å²) in [4.78, 5) is 21.5. The van der Waals surface area contributed by atoms with Gasteiger partial charge in [0.25, 0.3) is 0 Å². The molecule has 1 aromatic rings. The van der Waals surface area contributed by atoms with Crippen LogP contribution in [0.25, 0.3) is 0 Å². The van der Waals surface area contributed by atoms with Crippen molar-refractivity contribution in [1.82, 2.24) is 0 Å². The maximum absolute atomic E-state index is 11.2. The van der Waals surface area contributed by atoms with Crippen molar-refractivity contribution >= 4 is 11.7 Å². The lowest BCUT2D eigenvalue weighted by atomic mass is 10.2. The van der Waals surface area contributed by atoms with Gasteiger partial charge in [-0.2, -0.15) is 0 Å². The summed E-state index contributed by atoms with van der Waals surface area (Å²) in [5.41, 5.74) is 0.628. The van der Waals surface area contributed by atoms with Gasteiger partial charge in [-0.3, -0.25) is 10.1 Å². The van der Waals surface area contributed by atoms with E-state index < -0.39 is 17.0 Å². The molecule has 1 unspecified atom stereocenters. The van der Waals surface area contributed by atoms with Crippen LogP contribution in [0.2, 0.25) is 0 Å². The summed E-state index contributed by atoms with van der Waals surface area (Å²) in [6.07, 6.45) is -0.319. The van der Waals surface area contributed by atoms with Gasteiger partial charge < -0.3 is 9.47 Å². The number of ether oxygens (including phenoxy) is 2. The molecule has 1 saturated heterocycles. The van der Waals surface area contributed by atoms with Crippen molar-refractivity contribution in [2.45, 2.75) is 19.4 Å². The highest BCUT2D eigenvalue weighted by Gasteiger charge is 2.30. The first-order valence-electron chi connectivity index (χ1n) is 5.16. The Labute approximate surface area is 97.3 Å². The molecule has 17 heavy (non-hydrogen) atoms. The predicted molar refractivity (Wildman–Crippen MR) is 57.8 cm³/mol. The van der Waals surface area contributed by atoms with E-state index in [1.807, 2.05) is 0 Å². The molecular weight excluding hydrogens is 226 g/mol. The summed E-state index contributed by atoms with van der Waals surface area (Å²) in [6.45, 7) is 2.05. The van der Waals surface area contributed by atoms with Crippen molar-refractivity contribution in [2.24, 2.45) is 0 Å². The summed E-state index contributed by atoms with van der Waals surface area (Å²) in [7, 11) is 0. The van der Waals surface area contributed by atoms with Crippen LogP contribution < -0.4 is 4.74 Å². The Morgan fingerprint density at radius 3 is 2.88 bits per heavy atom. The molecule has 0 amide bonds. The average molecular weight is 237 g/mol. The van der Waals surface area contributed by atoms with Crippen molar-refractivity contribution in [3.8, 4) is 5.75 Å². The number of nitro groups is 1. The van der Waals surface area contributed by atoms with Crippen LogP contribution in [0.4, 0.5) is 5.69 Å². The summed E-state index contributed by atoms with van der Waals surface area (Å²) in [6, 6.07) is 4.61. The van der Waals surface area contributed by atoms with Crippen molar-refractivity contribution in [1.29, 1.82) is 0 Å². The molecule has 6 nitrogen and oxygen atoms in total. The van der Waals surface area contributed by atoms with E-state index in [-0.39, 0.29) is 11.4 Å². The fourth-order valence-corrected chi connectivity index (χ4v) is 1.61. The predicted octanol–water partition coefficient (Wildman–Crippen LogP) is 1.60. The molecule has 90 valence electrons. The van der Waals surface area contributed by atoms with E-state index in [4.69, 9.17) is 9.47 Å². The van der Waals surface area contributed by atoms with Gasteiger partial charge in [0, 0.05) is 12.5 Å². The maximum Gasteiger partial charge on any atom is 0.347 e. The van der Waals surface area contributed by atoms with Crippen LogP contribution in [0.3, 0.4) is 0 Å². The largest absolute Gasteiger partial charge is 0.471 e. The summed E-state index contributed by atoms with van der Waals surface area (Å²) >= 11 is 0. The number of cyclic esters (lactones) is 1. The van der Waals surface area contributed by atoms with Gasteiger partial charge in [-0.1, -0.05) is 6.07 Å². The number of carbonyl (C=O) groups is 1. The molecular formula is C11H11NO5. The summed E-state index contributed by atoms with van der Waals surface area (Å²) in [5.74, 6) is -0.371. The van der Waals surface area contributed by atoms with Gasteiger partial charge in [-0.15, -0.1) is 0 Å². The zero-order chi connectivity index (χ0) is 12.4. The quantitative estimate of drug-likeness (QED) is 0.453. The lowest BCUT2D eigenvalue weighted by Gasteiger charge is -2.10. The fraction of sp³-hybridized carbons (Fsp3) is 0.364. The van der Waals surface area contributed by atoms with Gasteiger partial charge in [-0.25, -0.2) is 4.79 Å². The van der Waals surface area contributed by atoms with Gasteiger partial charge in [0.05, 0.1) is 11.5 Å². The van der Waals surface area contributed by atoms with E-state index in [0.29, 0.717) is 13.0 Å². The van der Waals surface area contributed by atoms with Crippen molar-refractivity contribution in [3.05, 3.63) is 33.9 Å². The highest BCUT2D eigenvalue weighted by Crippen LogP contribution is 2.29. The van der Waals surface area contributed by atoms with Crippen LogP contribution >= 0.6 is 0 Å². The zero-order valence-corrected chi connectivity index (χ0v) is 9.21. The van der Waals surface area contributed by atoms with Gasteiger partial charge in [0.2, 0.25) is 0 Å². The van der Waals surface area contributed by atoms with Crippen LogP contribution in [-0.2, 0) is 9.53 Å². The second kappa shape index (κ2) is 4.40. The third kappa shape index (κ3) is 2.35. The molecule has 0 N–H and O–H groups in total. The summed E-state index contributed by atoms with van der Waals surface area (Å²) < 4.78 is 10.0. The number of aryl methyl sites for hydroxylation is 1. The number of hydrogen-bond donors (Lipinski definition) is 0. The summed E-state index contributed by atoms with van der Waals surface area (Å²) in [5, 5.41) is 10.8. The Kier molecular flexibility index (Phi) is 2.95. The maximum atomic E-state index is 11.2. The lowest BCUT2D eigenvalue weighted by Crippen LogP contribution is -2.22. The average Bonchev–Trinajstić information content (AvgIpc) is 2.67. The van der Waals surface area contributed by atoms with Gasteiger partial charge >= 0.3 is 11.7 Å². The molecule has 1 fully saturated rings. The number of esters is 1. The molecule has 1 aliphatic heterocycles. The van der Waals surface area contributed by atoms with Gasteiger partial charge in [0.1, 0.15) is 0 Å². The first kappa shape index (κ1) is 11.4. The Morgan fingerprint density at radius 1 is 1.53 bits per heavy atom. The van der Waals surface area contributed by atoms with E-state index in [0.717, 1.165) is 5.56 Å². The number of nitro benzene ring substituents is 1. The van der Waals surface area contributed by atoms with E-state index in [1.165, 1.54) is 12.1 Å². The number of hydrogen-bond acceptors (Lipinski definition) is 5. The highest BCUT2D eigenvalue weighted by molar-refractivity contribution is 5.77. The lowest BCUT2D eigenvalue weighted by molar-refractivity contribution is -0.386. The van der Waals surface area contributed by atoms with E-state index in [2.05, 4.69) is 0 Å². The molecule has 0 bridgehead atoms.